The zero-order chi connectivity index (χ0) is 16.5. The lowest BCUT2D eigenvalue weighted by Gasteiger charge is -2.18. The standard InChI is InChI=1S/C22H20OS/c1-21(18-11-5-2-6-12-18)22(23-21,19-13-7-3-8-14-19)17-24-20-15-9-4-10-16-20/h2-16H,17H2,1H3. The van der Waals surface area contributed by atoms with Gasteiger partial charge in [-0.05, 0) is 30.2 Å². The van der Waals surface area contributed by atoms with Crippen LogP contribution in [0.1, 0.15) is 18.1 Å². The molecule has 1 saturated heterocycles. The summed E-state index contributed by atoms with van der Waals surface area (Å²) in [5, 5.41) is 0. The van der Waals surface area contributed by atoms with E-state index in [9.17, 15) is 0 Å². The first kappa shape index (κ1) is 15.5. The fourth-order valence-electron chi connectivity index (χ4n) is 3.37. The second-order valence-electron chi connectivity index (χ2n) is 6.30. The third-order valence-electron chi connectivity index (χ3n) is 4.86. The molecule has 3 aromatic carbocycles. The Morgan fingerprint density at radius 2 is 1.21 bits per heavy atom. The summed E-state index contributed by atoms with van der Waals surface area (Å²) in [7, 11) is 0. The summed E-state index contributed by atoms with van der Waals surface area (Å²) in [6, 6.07) is 31.7. The Hall–Kier alpha value is -2.03. The van der Waals surface area contributed by atoms with Crippen molar-refractivity contribution < 1.29 is 4.74 Å². The molecule has 0 spiro atoms. The number of hydrogen-bond donors (Lipinski definition) is 0. The molecule has 24 heavy (non-hydrogen) atoms. The van der Waals surface area contributed by atoms with E-state index < -0.39 is 0 Å². The summed E-state index contributed by atoms with van der Waals surface area (Å²) in [5.74, 6) is 0.895. The van der Waals surface area contributed by atoms with Crippen molar-refractivity contribution >= 4 is 11.8 Å². The van der Waals surface area contributed by atoms with Gasteiger partial charge in [-0.3, -0.25) is 0 Å². The molecule has 1 fully saturated rings. The molecule has 0 aliphatic carbocycles. The van der Waals surface area contributed by atoms with Crippen LogP contribution >= 0.6 is 11.8 Å². The lowest BCUT2D eigenvalue weighted by atomic mass is 9.84. The van der Waals surface area contributed by atoms with Gasteiger partial charge in [0.15, 0.2) is 0 Å². The zero-order valence-electron chi connectivity index (χ0n) is 13.7. The van der Waals surface area contributed by atoms with Gasteiger partial charge in [0.05, 0.1) is 0 Å². The highest BCUT2D eigenvalue weighted by atomic mass is 32.2. The van der Waals surface area contributed by atoms with Gasteiger partial charge in [-0.15, -0.1) is 11.8 Å². The van der Waals surface area contributed by atoms with Gasteiger partial charge >= 0.3 is 0 Å². The first-order chi connectivity index (χ1) is 11.7. The molecular weight excluding hydrogens is 312 g/mol. The molecule has 4 rings (SSSR count). The third kappa shape index (κ3) is 2.56. The molecule has 2 heteroatoms. The maximum Gasteiger partial charge on any atom is 0.137 e. The van der Waals surface area contributed by atoms with Crippen molar-refractivity contribution in [1.29, 1.82) is 0 Å². The SMILES string of the molecule is CC1(c2ccccc2)OC1(CSc1ccccc1)c1ccccc1. The molecule has 0 aromatic heterocycles. The van der Waals surface area contributed by atoms with Gasteiger partial charge in [0.25, 0.3) is 0 Å². The molecule has 3 aromatic rings. The van der Waals surface area contributed by atoms with Crippen molar-refractivity contribution in [3.8, 4) is 0 Å². The first-order valence-electron chi connectivity index (χ1n) is 8.24. The second-order valence-corrected chi connectivity index (χ2v) is 7.34. The van der Waals surface area contributed by atoms with Crippen LogP contribution < -0.4 is 0 Å². The second kappa shape index (κ2) is 6.12. The van der Waals surface area contributed by atoms with Gasteiger partial charge < -0.3 is 4.74 Å². The van der Waals surface area contributed by atoms with E-state index >= 15 is 0 Å². The van der Waals surface area contributed by atoms with E-state index in [0.717, 1.165) is 5.75 Å². The fourth-order valence-corrected chi connectivity index (χ4v) is 4.59. The van der Waals surface area contributed by atoms with Crippen LogP contribution in [0.4, 0.5) is 0 Å². The minimum Gasteiger partial charge on any atom is -0.352 e. The van der Waals surface area contributed by atoms with Crippen LogP contribution in [0.25, 0.3) is 0 Å². The Bertz CT molecular complexity index is 803. The van der Waals surface area contributed by atoms with Crippen LogP contribution in [-0.2, 0) is 15.9 Å². The molecule has 1 aliphatic rings. The van der Waals surface area contributed by atoms with E-state index in [2.05, 4.69) is 97.9 Å². The van der Waals surface area contributed by atoms with E-state index in [4.69, 9.17) is 4.74 Å². The number of thioether (sulfide) groups is 1. The molecule has 0 N–H and O–H groups in total. The fraction of sp³-hybridized carbons (Fsp3) is 0.182. The Morgan fingerprint density at radius 3 is 1.79 bits per heavy atom. The quantitative estimate of drug-likeness (QED) is 0.444. The van der Waals surface area contributed by atoms with Crippen molar-refractivity contribution in [1.82, 2.24) is 0 Å². The lowest BCUT2D eigenvalue weighted by molar-refractivity contribution is 0.283. The number of hydrogen-bond acceptors (Lipinski definition) is 2. The molecule has 1 heterocycles. The molecule has 120 valence electrons. The van der Waals surface area contributed by atoms with Crippen LogP contribution in [0, 0.1) is 0 Å². The van der Waals surface area contributed by atoms with Gasteiger partial charge in [-0.1, -0.05) is 78.9 Å². The molecular formula is C22H20OS. The van der Waals surface area contributed by atoms with Crippen LogP contribution in [0.2, 0.25) is 0 Å². The maximum atomic E-state index is 6.47. The maximum absolute atomic E-state index is 6.47. The van der Waals surface area contributed by atoms with E-state index in [0.29, 0.717) is 0 Å². The van der Waals surface area contributed by atoms with Gasteiger partial charge in [-0.25, -0.2) is 0 Å². The Labute approximate surface area is 147 Å². The van der Waals surface area contributed by atoms with Gasteiger partial charge in [-0.2, -0.15) is 0 Å². The van der Waals surface area contributed by atoms with E-state index in [1.165, 1.54) is 16.0 Å². The normalized spacial score (nSPS) is 25.4. The lowest BCUT2D eigenvalue weighted by Crippen LogP contribution is -2.22. The molecule has 0 amide bonds. The smallest absolute Gasteiger partial charge is 0.137 e. The van der Waals surface area contributed by atoms with E-state index in [1.54, 1.807) is 0 Å². The van der Waals surface area contributed by atoms with Crippen molar-refractivity contribution in [2.45, 2.75) is 23.0 Å². The zero-order valence-corrected chi connectivity index (χ0v) is 14.5. The van der Waals surface area contributed by atoms with Crippen molar-refractivity contribution in [3.63, 3.8) is 0 Å². The summed E-state index contributed by atoms with van der Waals surface area (Å²) in [4.78, 5) is 1.28. The van der Waals surface area contributed by atoms with E-state index in [-0.39, 0.29) is 11.2 Å². The Morgan fingerprint density at radius 1 is 0.708 bits per heavy atom. The third-order valence-corrected chi connectivity index (χ3v) is 6.01. The molecule has 0 saturated carbocycles. The van der Waals surface area contributed by atoms with Crippen LogP contribution in [-0.4, -0.2) is 5.75 Å². The average Bonchev–Trinajstić information content (AvgIpc) is 3.30. The first-order valence-corrected chi connectivity index (χ1v) is 9.22. The summed E-state index contributed by atoms with van der Waals surface area (Å²) in [6.07, 6.45) is 0. The van der Waals surface area contributed by atoms with Crippen LogP contribution in [0.15, 0.2) is 95.9 Å². The van der Waals surface area contributed by atoms with Crippen molar-refractivity contribution in [3.05, 3.63) is 102 Å². The number of rotatable bonds is 5. The largest absolute Gasteiger partial charge is 0.352 e. The van der Waals surface area contributed by atoms with Gasteiger partial charge in [0.2, 0.25) is 0 Å². The molecule has 1 nitrogen and oxygen atoms in total. The summed E-state index contributed by atoms with van der Waals surface area (Å²) in [5.41, 5.74) is 1.93. The molecule has 0 bridgehead atoms. The molecule has 2 unspecified atom stereocenters. The minimum atomic E-state index is -0.282. The van der Waals surface area contributed by atoms with Gasteiger partial charge in [0, 0.05) is 10.6 Å². The summed E-state index contributed by atoms with van der Waals surface area (Å²) < 4.78 is 6.47. The Balaban J connectivity index is 1.68. The van der Waals surface area contributed by atoms with E-state index in [1.807, 2.05) is 11.8 Å². The number of epoxide rings is 1. The predicted octanol–water partition coefficient (Wildman–Crippen LogP) is 5.62. The van der Waals surface area contributed by atoms with Gasteiger partial charge in [0.1, 0.15) is 11.2 Å². The average molecular weight is 332 g/mol. The highest BCUT2D eigenvalue weighted by molar-refractivity contribution is 7.99. The minimum absolute atomic E-state index is 0.280. The van der Waals surface area contributed by atoms with Crippen molar-refractivity contribution in [2.75, 3.05) is 5.75 Å². The molecule has 0 radical (unpaired) electrons. The highest BCUT2D eigenvalue weighted by Gasteiger charge is 2.68. The van der Waals surface area contributed by atoms with Crippen LogP contribution in [0.5, 0.6) is 0 Å². The summed E-state index contributed by atoms with van der Waals surface area (Å²) >= 11 is 1.86. The van der Waals surface area contributed by atoms with Crippen molar-refractivity contribution in [2.24, 2.45) is 0 Å². The monoisotopic (exact) mass is 332 g/mol. The topological polar surface area (TPSA) is 12.5 Å². The molecule has 1 aliphatic heterocycles. The number of benzene rings is 3. The Kier molecular flexibility index (Phi) is 3.95. The van der Waals surface area contributed by atoms with Crippen LogP contribution in [0.3, 0.4) is 0 Å². The highest BCUT2D eigenvalue weighted by Crippen LogP contribution is 2.63. The summed E-state index contributed by atoms with van der Waals surface area (Å²) in [6.45, 7) is 2.21. The predicted molar refractivity (Wildman–Crippen MR) is 100 cm³/mol. The molecule has 2 atom stereocenters. The number of ether oxygens (including phenoxy) is 1.